The number of ether oxygens (including phenoxy) is 1. The average Bonchev–Trinajstić information content (AvgIpc) is 2.21. The van der Waals surface area contributed by atoms with E-state index in [0.717, 1.165) is 0 Å². The highest BCUT2D eigenvalue weighted by Gasteiger charge is 2.12. The second kappa shape index (κ2) is 6.85. The minimum Gasteiger partial charge on any atom is -0.378 e. The summed E-state index contributed by atoms with van der Waals surface area (Å²) >= 11 is 0. The SMILES string of the molecule is C=CC(=O)N1CCOCC1.CC. The van der Waals surface area contributed by atoms with Gasteiger partial charge in [-0.25, -0.2) is 0 Å². The van der Waals surface area contributed by atoms with E-state index in [4.69, 9.17) is 4.74 Å². The summed E-state index contributed by atoms with van der Waals surface area (Å²) in [6.07, 6.45) is 1.34. The molecule has 0 aromatic carbocycles. The average molecular weight is 171 g/mol. The van der Waals surface area contributed by atoms with Crippen molar-refractivity contribution in [2.24, 2.45) is 0 Å². The Hall–Kier alpha value is -0.830. The van der Waals surface area contributed by atoms with E-state index in [2.05, 4.69) is 6.58 Å². The van der Waals surface area contributed by atoms with Gasteiger partial charge in [0, 0.05) is 13.1 Å². The highest BCUT2D eigenvalue weighted by atomic mass is 16.5. The van der Waals surface area contributed by atoms with E-state index in [-0.39, 0.29) is 5.91 Å². The van der Waals surface area contributed by atoms with Crippen LogP contribution in [-0.4, -0.2) is 37.1 Å². The predicted molar refractivity (Wildman–Crippen MR) is 48.9 cm³/mol. The maximum atomic E-state index is 10.9. The molecule has 1 aliphatic rings. The van der Waals surface area contributed by atoms with Crippen LogP contribution in [0.1, 0.15) is 13.8 Å². The molecular formula is C9H17NO2. The molecule has 0 spiro atoms. The number of carbonyl (C=O) groups is 1. The Balaban J connectivity index is 0.000000561. The van der Waals surface area contributed by atoms with Crippen LogP contribution in [0.25, 0.3) is 0 Å². The molecule has 0 unspecified atom stereocenters. The first-order chi connectivity index (χ1) is 5.84. The highest BCUT2D eigenvalue weighted by molar-refractivity contribution is 5.87. The Morgan fingerprint density at radius 3 is 2.33 bits per heavy atom. The summed E-state index contributed by atoms with van der Waals surface area (Å²) in [7, 11) is 0. The van der Waals surface area contributed by atoms with Crippen molar-refractivity contribution in [2.45, 2.75) is 13.8 Å². The van der Waals surface area contributed by atoms with E-state index < -0.39 is 0 Å². The third-order valence-corrected chi connectivity index (χ3v) is 1.50. The number of hydrogen-bond acceptors (Lipinski definition) is 2. The van der Waals surface area contributed by atoms with Gasteiger partial charge in [0.1, 0.15) is 0 Å². The minimum absolute atomic E-state index is 0.00306. The molecule has 3 heteroatoms. The maximum Gasteiger partial charge on any atom is 0.246 e. The van der Waals surface area contributed by atoms with Gasteiger partial charge in [-0.3, -0.25) is 4.79 Å². The highest BCUT2D eigenvalue weighted by Crippen LogP contribution is 1.96. The smallest absolute Gasteiger partial charge is 0.246 e. The van der Waals surface area contributed by atoms with Crippen molar-refractivity contribution in [3.8, 4) is 0 Å². The lowest BCUT2D eigenvalue weighted by molar-refractivity contribution is -0.129. The fourth-order valence-corrected chi connectivity index (χ4v) is 0.913. The first-order valence-corrected chi connectivity index (χ1v) is 4.33. The monoisotopic (exact) mass is 171 g/mol. The van der Waals surface area contributed by atoms with E-state index in [1.165, 1.54) is 6.08 Å². The zero-order valence-corrected chi connectivity index (χ0v) is 7.88. The second-order valence-corrected chi connectivity index (χ2v) is 2.14. The fraction of sp³-hybridized carbons (Fsp3) is 0.667. The third kappa shape index (κ3) is 3.53. The summed E-state index contributed by atoms with van der Waals surface area (Å²) in [6.45, 7) is 10.1. The summed E-state index contributed by atoms with van der Waals surface area (Å²) in [5.74, 6) is 0.00306. The topological polar surface area (TPSA) is 29.5 Å². The second-order valence-electron chi connectivity index (χ2n) is 2.14. The van der Waals surface area contributed by atoms with E-state index in [9.17, 15) is 4.79 Å². The molecule has 1 amide bonds. The van der Waals surface area contributed by atoms with Crippen LogP contribution >= 0.6 is 0 Å². The Kier molecular flexibility index (Phi) is 6.38. The van der Waals surface area contributed by atoms with Gasteiger partial charge >= 0.3 is 0 Å². The Bertz CT molecular complexity index is 139. The van der Waals surface area contributed by atoms with Gasteiger partial charge < -0.3 is 9.64 Å². The summed E-state index contributed by atoms with van der Waals surface area (Å²) < 4.78 is 5.07. The van der Waals surface area contributed by atoms with Crippen LogP contribution < -0.4 is 0 Å². The van der Waals surface area contributed by atoms with Crippen LogP contribution in [0.3, 0.4) is 0 Å². The molecule has 1 rings (SSSR count). The van der Waals surface area contributed by atoms with Crippen LogP contribution in [-0.2, 0) is 9.53 Å². The van der Waals surface area contributed by atoms with Crippen molar-refractivity contribution < 1.29 is 9.53 Å². The zero-order chi connectivity index (χ0) is 9.40. The maximum absolute atomic E-state index is 10.9. The van der Waals surface area contributed by atoms with E-state index in [1.54, 1.807) is 4.90 Å². The zero-order valence-electron chi connectivity index (χ0n) is 7.88. The molecule has 0 aromatic rings. The molecule has 0 aromatic heterocycles. The van der Waals surface area contributed by atoms with Crippen LogP contribution in [0.5, 0.6) is 0 Å². The molecule has 0 radical (unpaired) electrons. The molecule has 1 heterocycles. The molecule has 70 valence electrons. The Labute approximate surface area is 74.0 Å². The van der Waals surface area contributed by atoms with Crippen molar-refractivity contribution in [2.75, 3.05) is 26.3 Å². The lowest BCUT2D eigenvalue weighted by Crippen LogP contribution is -2.39. The quantitative estimate of drug-likeness (QED) is 0.552. The minimum atomic E-state index is 0.00306. The van der Waals surface area contributed by atoms with Gasteiger partial charge in [0.15, 0.2) is 0 Å². The van der Waals surface area contributed by atoms with Crippen LogP contribution in [0, 0.1) is 0 Å². The Morgan fingerprint density at radius 2 is 1.92 bits per heavy atom. The van der Waals surface area contributed by atoms with Crippen LogP contribution in [0.4, 0.5) is 0 Å². The van der Waals surface area contributed by atoms with E-state index in [0.29, 0.717) is 26.3 Å². The van der Waals surface area contributed by atoms with E-state index >= 15 is 0 Å². The molecule has 12 heavy (non-hydrogen) atoms. The lowest BCUT2D eigenvalue weighted by atomic mass is 10.4. The normalized spacial score (nSPS) is 16.0. The van der Waals surface area contributed by atoms with Gasteiger partial charge in [0.25, 0.3) is 0 Å². The predicted octanol–water partition coefficient (Wildman–Crippen LogP) is 1.06. The molecule has 1 fully saturated rings. The third-order valence-electron chi connectivity index (χ3n) is 1.50. The number of morpholine rings is 1. The van der Waals surface area contributed by atoms with Crippen molar-refractivity contribution in [3.05, 3.63) is 12.7 Å². The molecule has 0 saturated carbocycles. The van der Waals surface area contributed by atoms with Gasteiger partial charge in [-0.05, 0) is 6.08 Å². The molecule has 0 bridgehead atoms. The Morgan fingerprint density at radius 1 is 1.42 bits per heavy atom. The van der Waals surface area contributed by atoms with Crippen LogP contribution in [0.15, 0.2) is 12.7 Å². The van der Waals surface area contributed by atoms with Crippen LogP contribution in [0.2, 0.25) is 0 Å². The van der Waals surface area contributed by atoms with Crippen molar-refractivity contribution >= 4 is 5.91 Å². The summed E-state index contributed by atoms with van der Waals surface area (Å²) in [5.41, 5.74) is 0. The van der Waals surface area contributed by atoms with Gasteiger partial charge in [-0.2, -0.15) is 0 Å². The molecule has 0 atom stereocenters. The van der Waals surface area contributed by atoms with Crippen molar-refractivity contribution in [3.63, 3.8) is 0 Å². The molecule has 0 N–H and O–H groups in total. The van der Waals surface area contributed by atoms with E-state index in [1.807, 2.05) is 13.8 Å². The molecule has 0 aliphatic carbocycles. The fourth-order valence-electron chi connectivity index (χ4n) is 0.913. The lowest BCUT2D eigenvalue weighted by Gasteiger charge is -2.25. The number of nitrogens with zero attached hydrogens (tertiary/aromatic N) is 1. The number of amides is 1. The first kappa shape index (κ1) is 11.2. The molecule has 1 aliphatic heterocycles. The van der Waals surface area contributed by atoms with Gasteiger partial charge in [-0.1, -0.05) is 20.4 Å². The largest absolute Gasteiger partial charge is 0.378 e. The summed E-state index contributed by atoms with van der Waals surface area (Å²) in [6, 6.07) is 0. The summed E-state index contributed by atoms with van der Waals surface area (Å²) in [5, 5.41) is 0. The van der Waals surface area contributed by atoms with Gasteiger partial charge in [-0.15, -0.1) is 0 Å². The molecular weight excluding hydrogens is 154 g/mol. The number of rotatable bonds is 1. The van der Waals surface area contributed by atoms with Crippen molar-refractivity contribution in [1.82, 2.24) is 4.90 Å². The standard InChI is InChI=1S/C7H11NO2.C2H6/c1-2-7(9)8-3-5-10-6-4-8;1-2/h2H,1,3-6H2;1-2H3. The number of hydrogen-bond donors (Lipinski definition) is 0. The summed E-state index contributed by atoms with van der Waals surface area (Å²) in [4.78, 5) is 12.7. The van der Waals surface area contributed by atoms with Gasteiger partial charge in [0.05, 0.1) is 13.2 Å². The molecule has 3 nitrogen and oxygen atoms in total. The molecule has 1 saturated heterocycles. The van der Waals surface area contributed by atoms with Gasteiger partial charge in [0.2, 0.25) is 5.91 Å². The number of carbonyl (C=O) groups excluding carboxylic acids is 1. The van der Waals surface area contributed by atoms with Crippen molar-refractivity contribution in [1.29, 1.82) is 0 Å². The first-order valence-electron chi connectivity index (χ1n) is 4.33.